The van der Waals surface area contributed by atoms with E-state index >= 15 is 0 Å². The summed E-state index contributed by atoms with van der Waals surface area (Å²) in [5, 5.41) is 34.9. The third-order valence-electron chi connectivity index (χ3n) is 17.2. The zero-order chi connectivity index (χ0) is 79.9. The number of Topliss-reactive ketones (excluding diaryl/α,β-unsaturated/α-hetero) is 2. The summed E-state index contributed by atoms with van der Waals surface area (Å²) in [5.41, 5.74) is 43.9. The molecule has 0 spiro atoms. The van der Waals surface area contributed by atoms with E-state index < -0.39 is 12.2 Å². The number of alkyl halides is 1. The maximum Gasteiger partial charge on any atom is 0.137 e. The Balaban J connectivity index is 0.00000150. The zero-order valence-corrected chi connectivity index (χ0v) is 73.9. The molecule has 0 aliphatic carbocycles. The van der Waals surface area contributed by atoms with Crippen molar-refractivity contribution in [3.8, 4) is 17.5 Å². The summed E-state index contributed by atoms with van der Waals surface area (Å²) in [6.07, 6.45) is -0.977. The number of carbonyl (C=O) groups excluding carboxylic acids is 2. The van der Waals surface area contributed by atoms with Crippen molar-refractivity contribution in [3.05, 3.63) is 235 Å². The maximum atomic E-state index is 10.2. The van der Waals surface area contributed by atoms with Gasteiger partial charge in [-0.15, -0.1) is 0 Å². The zero-order valence-electron chi connectivity index (χ0n) is 68.4. The molecule has 0 aliphatic rings. The van der Waals surface area contributed by atoms with Gasteiger partial charge < -0.3 is 94.7 Å². The quantitative estimate of drug-likeness (QED) is 0.0202. The topological polar surface area (TPSA) is 345 Å². The minimum Gasteiger partial charge on any atom is -0.394 e. The molecule has 10 aromatic heterocycles. The number of nitrogens with two attached hydrogens (primary N) is 4. The molecule has 0 bridgehead atoms. The fourth-order valence-electron chi connectivity index (χ4n) is 11.7. The Labute approximate surface area is 706 Å². The molecule has 0 aromatic carbocycles. The third-order valence-corrected chi connectivity index (χ3v) is 17.8. The molecule has 0 fully saturated rings. The van der Waals surface area contributed by atoms with Crippen LogP contribution in [-0.2, 0) is 73.4 Å². The Kier molecular flexibility index (Phi) is 50.1. The van der Waals surface area contributed by atoms with E-state index in [1.807, 2.05) is 68.7 Å². The van der Waals surface area contributed by atoms with Crippen LogP contribution >= 0.6 is 69.9 Å². The van der Waals surface area contributed by atoms with Gasteiger partial charge >= 0.3 is 0 Å². The van der Waals surface area contributed by atoms with Gasteiger partial charge in [-0.2, -0.15) is 54.0 Å². The van der Waals surface area contributed by atoms with Gasteiger partial charge in [0.05, 0.1) is 119 Å². The molecule has 0 amide bonds. The summed E-state index contributed by atoms with van der Waals surface area (Å²) in [6.45, 7) is 37.6. The lowest BCUT2D eigenvalue weighted by atomic mass is 10.2. The third kappa shape index (κ3) is 36.1. The first-order chi connectivity index (χ1) is 51.2. The standard InChI is InChI=1S/C35H43N5O2.C17H25N5O2.C13H15BrN2.C9H15NO2.C6H10O2.C3H9NO2.CH4.4H2S/c1-23-15-31(36-34(17-23)39-27(5)11-12-28(39)6)20-41-22-33(19-38-25(3)9-10-26(38)4)42-21-32-16-24(2)18-35(37-32)40-29(7)13-14-30(40)8;1-11-3-13(21-16(19)5-11)8-23-10-15(7-18)24-9-14-4-12(2)6-17(20)22-14;1-9-6-12(8-14)15-13(7-9)16-10(2)4-5-11(16)3;1-7-3-4-8(2)10(7)5-9(12)6-11;1-5(7)3-4-6(2)8;4-1-3(6)2-5;;;;;/h9-18,33H,19-22H2,1-8H3;3-6,15H,7-10,18H2,1-2H3,(H2,19,21)(H2,20,22);4-7H,8H2,1-3H3;3-4,9,11-12H,5-6H2,1-2H3;3-4H2,1-2H3;3,5-6H,1-2,4H2;1H4;4*1H2/t33-;15-;;9-;;3-;;;;;/m00.0.0...../s1. The van der Waals surface area contributed by atoms with E-state index in [9.17, 15) is 14.7 Å². The second kappa shape index (κ2) is 53.7. The fraction of sp³-hybridized carbons (Fsp3) is 0.440. The van der Waals surface area contributed by atoms with Gasteiger partial charge in [0.25, 0.3) is 0 Å². The van der Waals surface area contributed by atoms with E-state index in [-0.39, 0.29) is 105 Å². The number of ether oxygens (including phenoxy) is 4. The van der Waals surface area contributed by atoms with Crippen molar-refractivity contribution in [2.24, 2.45) is 11.5 Å². The maximum absolute atomic E-state index is 10.2. The molecule has 12 N–H and O–H groups in total. The van der Waals surface area contributed by atoms with Crippen LogP contribution in [0.4, 0.5) is 11.6 Å². The monoisotopic (exact) mass is 1700 g/mol. The van der Waals surface area contributed by atoms with E-state index in [1.54, 1.807) is 0 Å². The molecule has 4 atom stereocenters. The van der Waals surface area contributed by atoms with Crippen LogP contribution in [0.25, 0.3) is 17.5 Å². The van der Waals surface area contributed by atoms with Crippen LogP contribution < -0.4 is 22.9 Å². The fourth-order valence-corrected chi connectivity index (χ4v) is 12.0. The Morgan fingerprint density at radius 1 is 0.398 bits per heavy atom. The summed E-state index contributed by atoms with van der Waals surface area (Å²) in [4.78, 5) is 43.4. The van der Waals surface area contributed by atoms with Gasteiger partial charge in [0.15, 0.2) is 0 Å². The number of pyridine rings is 5. The van der Waals surface area contributed by atoms with Gasteiger partial charge in [0.2, 0.25) is 0 Å². The Morgan fingerprint density at radius 3 is 0.991 bits per heavy atom. The largest absolute Gasteiger partial charge is 0.394 e. The molecule has 10 aromatic rings. The molecule has 0 saturated carbocycles. The normalized spacial score (nSPS) is 11.5. The number of aryl methyl sites for hydroxylation is 15. The van der Waals surface area contributed by atoms with Gasteiger partial charge in [-0.3, -0.25) is 0 Å². The Morgan fingerprint density at radius 2 is 0.681 bits per heavy atom. The summed E-state index contributed by atoms with van der Waals surface area (Å²) < 4.78 is 35.1. The predicted octanol–water partition coefficient (Wildman–Crippen LogP) is 12.9. The van der Waals surface area contributed by atoms with E-state index in [4.69, 9.17) is 67.2 Å². The SMILES string of the molecule is C.CC(=O)CCC(C)=O.Cc1cc(CBr)nc(-n2c(C)ccc2C)c1.Cc1cc(COC[C@H](Cn2c(C)ccc2C)OCc2cc(C)cc(-n3c(C)ccc3C)n2)nc(-n2c(C)ccc2C)c1.Cc1cc(N)nc(COC[C@H](CN)OCc2cc(C)cc(N)n2)c1.Cc1ccc(C)n1C[C@H](O)CO.NC[C@H](O)CO.S.S.S.S. The number of hydrogen-bond acceptors (Lipinski definition) is 19. The predicted molar refractivity (Wildman–Crippen MR) is 480 cm³/mol. The highest BCUT2D eigenvalue weighted by atomic mass is 79.9. The van der Waals surface area contributed by atoms with Crippen LogP contribution in [0.3, 0.4) is 0 Å². The van der Waals surface area contributed by atoms with E-state index in [0.717, 1.165) is 96.3 Å². The lowest BCUT2D eigenvalue weighted by Crippen LogP contribution is -2.29. The number of nitrogens with zero attached hydrogens (tertiary/aromatic N) is 10. The number of halogens is 1. The van der Waals surface area contributed by atoms with Crippen LogP contribution in [0, 0.1) is 104 Å². The molecular weight excluding hydrogens is 1570 g/mol. The number of anilines is 2. The average molecular weight is 1700 g/mol. The molecule has 24 nitrogen and oxygen atoms in total. The summed E-state index contributed by atoms with van der Waals surface area (Å²) in [6, 6.07) is 41.2. The first kappa shape index (κ1) is 106. The number of nitrogen functional groups attached to an aromatic ring is 2. The number of hydrogen-bond donors (Lipinski definition) is 8. The van der Waals surface area contributed by atoms with Crippen molar-refractivity contribution in [1.82, 2.24) is 47.8 Å². The van der Waals surface area contributed by atoms with E-state index in [2.05, 4.69) is 210 Å². The van der Waals surface area contributed by atoms with Crippen molar-refractivity contribution in [2.45, 2.75) is 207 Å². The number of ketones is 2. The van der Waals surface area contributed by atoms with Gasteiger partial charge in [-0.1, -0.05) is 23.4 Å². The molecule has 10 heterocycles. The van der Waals surface area contributed by atoms with Crippen molar-refractivity contribution in [2.75, 3.05) is 51.0 Å². The van der Waals surface area contributed by atoms with Crippen LogP contribution in [0.15, 0.2) is 121 Å². The highest BCUT2D eigenvalue weighted by molar-refractivity contribution is 9.08. The van der Waals surface area contributed by atoms with Crippen molar-refractivity contribution < 1.29 is 49.0 Å². The van der Waals surface area contributed by atoms with Gasteiger partial charge in [0.1, 0.15) is 40.7 Å². The lowest BCUT2D eigenvalue weighted by molar-refractivity contribution is -0.122. The average Bonchev–Trinajstić information content (AvgIpc) is 1.73. The van der Waals surface area contributed by atoms with Crippen LogP contribution in [0.2, 0.25) is 0 Å². The molecule has 0 aliphatic heterocycles. The van der Waals surface area contributed by atoms with Crippen molar-refractivity contribution in [3.63, 3.8) is 0 Å². The molecular formula is C84H129BrN14O10S4. The minimum atomic E-state index is -0.731. The summed E-state index contributed by atoms with van der Waals surface area (Å²) in [7, 11) is 0. The molecule has 10 rings (SSSR count). The first-order valence-corrected chi connectivity index (χ1v) is 37.4. The van der Waals surface area contributed by atoms with Crippen molar-refractivity contribution in [1.29, 1.82) is 0 Å². The first-order valence-electron chi connectivity index (χ1n) is 36.3. The van der Waals surface area contributed by atoms with Crippen molar-refractivity contribution >= 4 is 93.1 Å². The summed E-state index contributed by atoms with van der Waals surface area (Å²) >= 11 is 3.45. The van der Waals surface area contributed by atoms with Crippen LogP contribution in [0.5, 0.6) is 0 Å². The number of aromatic nitrogens is 10. The highest BCUT2D eigenvalue weighted by Crippen LogP contribution is 2.23. The van der Waals surface area contributed by atoms with Crippen LogP contribution in [0.1, 0.15) is 147 Å². The molecule has 0 saturated heterocycles. The van der Waals surface area contributed by atoms with Gasteiger partial charge in [-0.05, 0) is 267 Å². The number of carbonyl (C=O) groups is 2. The second-order valence-corrected chi connectivity index (χ2v) is 28.1. The summed E-state index contributed by atoms with van der Waals surface area (Å²) in [5.74, 6) is 4.00. The smallest absolute Gasteiger partial charge is 0.137 e. The molecule has 626 valence electrons. The lowest BCUT2D eigenvalue weighted by Gasteiger charge is -2.21. The number of aliphatic hydroxyl groups excluding tert-OH is 4. The molecule has 29 heteroatoms. The highest BCUT2D eigenvalue weighted by Gasteiger charge is 2.18. The number of rotatable bonds is 29. The van der Waals surface area contributed by atoms with Gasteiger partial charge in [0, 0.05) is 88.2 Å². The second-order valence-electron chi connectivity index (χ2n) is 27.5. The van der Waals surface area contributed by atoms with Gasteiger partial charge in [-0.25, -0.2) is 24.9 Å². The van der Waals surface area contributed by atoms with Crippen LogP contribution in [-0.4, -0.2) is 144 Å². The minimum absolute atomic E-state index is 0. The van der Waals surface area contributed by atoms with E-state index in [0.29, 0.717) is 83.8 Å². The molecule has 0 radical (unpaired) electrons. The Bertz CT molecular complexity index is 4310. The van der Waals surface area contributed by atoms with E-state index in [1.165, 1.54) is 53.6 Å². The molecule has 113 heavy (non-hydrogen) atoms. The number of aliphatic hydroxyl groups is 4. The molecule has 0 unspecified atom stereocenters. The Hall–Kier alpha value is -7.43.